The number of hydrogen-bond acceptors (Lipinski definition) is 5. The van der Waals surface area contributed by atoms with Gasteiger partial charge >= 0.3 is 5.76 Å². The first kappa shape index (κ1) is 14.6. The van der Waals surface area contributed by atoms with Crippen molar-refractivity contribution in [1.82, 2.24) is 9.55 Å². The van der Waals surface area contributed by atoms with Gasteiger partial charge in [-0.05, 0) is 30.7 Å². The standard InChI is InChI=1S/C16H14N2O3S/c19-15-12-6-1-2-7-13(12)21-16(20)18(15)10-5-11-22-14-8-3-4-9-17-14/h1-4,6-9H,5,10-11H2. The van der Waals surface area contributed by atoms with Gasteiger partial charge in [0.2, 0.25) is 0 Å². The molecule has 1 aromatic carbocycles. The minimum atomic E-state index is -0.605. The third-order valence-electron chi connectivity index (χ3n) is 3.19. The Balaban J connectivity index is 1.72. The number of para-hydroxylation sites is 1. The topological polar surface area (TPSA) is 65.1 Å². The van der Waals surface area contributed by atoms with E-state index in [-0.39, 0.29) is 5.56 Å². The fourth-order valence-electron chi connectivity index (χ4n) is 2.13. The summed E-state index contributed by atoms with van der Waals surface area (Å²) in [5.74, 6) is 0.168. The molecule has 2 aromatic heterocycles. The van der Waals surface area contributed by atoms with Gasteiger partial charge in [0, 0.05) is 18.5 Å². The van der Waals surface area contributed by atoms with Crippen LogP contribution in [-0.2, 0) is 6.54 Å². The molecule has 0 saturated carbocycles. The number of nitrogens with zero attached hydrogens (tertiary/aromatic N) is 2. The molecule has 5 nitrogen and oxygen atoms in total. The minimum Gasteiger partial charge on any atom is -0.409 e. The summed E-state index contributed by atoms with van der Waals surface area (Å²) >= 11 is 1.60. The highest BCUT2D eigenvalue weighted by Gasteiger charge is 2.08. The number of pyridine rings is 1. The van der Waals surface area contributed by atoms with Crippen molar-refractivity contribution in [2.24, 2.45) is 0 Å². The van der Waals surface area contributed by atoms with Crippen LogP contribution in [0.2, 0.25) is 0 Å². The highest BCUT2D eigenvalue weighted by Crippen LogP contribution is 2.15. The van der Waals surface area contributed by atoms with Crippen molar-refractivity contribution in [2.45, 2.75) is 18.0 Å². The lowest BCUT2D eigenvalue weighted by Crippen LogP contribution is -2.32. The molecule has 0 aliphatic rings. The lowest BCUT2D eigenvalue weighted by atomic mass is 10.2. The van der Waals surface area contributed by atoms with E-state index in [9.17, 15) is 9.59 Å². The monoisotopic (exact) mass is 314 g/mol. The SMILES string of the molecule is O=c1oc2ccccc2c(=O)n1CCCSc1ccccn1. The lowest BCUT2D eigenvalue weighted by molar-refractivity contribution is 0.454. The molecule has 0 aliphatic heterocycles. The molecule has 0 saturated heterocycles. The third-order valence-corrected chi connectivity index (χ3v) is 4.22. The van der Waals surface area contributed by atoms with Crippen LogP contribution in [0.3, 0.4) is 0 Å². The van der Waals surface area contributed by atoms with Crippen molar-refractivity contribution in [3.8, 4) is 0 Å². The van der Waals surface area contributed by atoms with E-state index in [0.29, 0.717) is 23.9 Å². The van der Waals surface area contributed by atoms with Gasteiger partial charge in [0.25, 0.3) is 5.56 Å². The Morgan fingerprint density at radius 2 is 1.91 bits per heavy atom. The number of thioether (sulfide) groups is 1. The Kier molecular flexibility index (Phi) is 4.39. The van der Waals surface area contributed by atoms with Crippen molar-refractivity contribution in [3.63, 3.8) is 0 Å². The zero-order valence-corrected chi connectivity index (χ0v) is 12.6. The molecular formula is C16H14N2O3S. The second-order valence-electron chi connectivity index (χ2n) is 4.69. The van der Waals surface area contributed by atoms with Crippen LogP contribution in [0.1, 0.15) is 6.42 Å². The summed E-state index contributed by atoms with van der Waals surface area (Å²) in [5.41, 5.74) is 0.0336. The third kappa shape index (κ3) is 3.12. The Morgan fingerprint density at radius 3 is 2.73 bits per heavy atom. The Labute approximate surface area is 130 Å². The maximum atomic E-state index is 12.3. The molecule has 3 rings (SSSR count). The Hall–Kier alpha value is -2.34. The maximum absolute atomic E-state index is 12.3. The maximum Gasteiger partial charge on any atom is 0.422 e. The van der Waals surface area contributed by atoms with Gasteiger partial charge in [-0.3, -0.25) is 4.79 Å². The first-order valence-corrected chi connectivity index (χ1v) is 7.91. The summed E-state index contributed by atoms with van der Waals surface area (Å²) in [7, 11) is 0. The predicted molar refractivity (Wildman–Crippen MR) is 86.3 cm³/mol. The molecule has 0 amide bonds. The van der Waals surface area contributed by atoms with Crippen LogP contribution < -0.4 is 11.3 Å². The second kappa shape index (κ2) is 6.62. The molecule has 0 aliphatic carbocycles. The van der Waals surface area contributed by atoms with E-state index in [2.05, 4.69) is 4.98 Å². The van der Waals surface area contributed by atoms with Crippen LogP contribution >= 0.6 is 11.8 Å². The van der Waals surface area contributed by atoms with E-state index >= 15 is 0 Å². The van der Waals surface area contributed by atoms with E-state index in [1.165, 1.54) is 0 Å². The molecule has 0 N–H and O–H groups in total. The highest BCUT2D eigenvalue weighted by molar-refractivity contribution is 7.99. The smallest absolute Gasteiger partial charge is 0.409 e. The molecule has 2 heterocycles. The Morgan fingerprint density at radius 1 is 1.09 bits per heavy atom. The zero-order chi connectivity index (χ0) is 15.4. The number of rotatable bonds is 5. The van der Waals surface area contributed by atoms with E-state index in [1.807, 2.05) is 18.2 Å². The van der Waals surface area contributed by atoms with Crippen LogP contribution in [0, 0.1) is 0 Å². The molecular weight excluding hydrogens is 300 g/mol. The van der Waals surface area contributed by atoms with Crippen molar-refractivity contribution in [3.05, 3.63) is 69.6 Å². The lowest BCUT2D eigenvalue weighted by Gasteiger charge is -2.05. The molecule has 0 bridgehead atoms. The first-order chi connectivity index (χ1) is 10.8. The fourth-order valence-corrected chi connectivity index (χ4v) is 2.93. The van der Waals surface area contributed by atoms with Crippen LogP contribution in [0.15, 0.2) is 67.7 Å². The molecule has 0 atom stereocenters. The van der Waals surface area contributed by atoms with Gasteiger partial charge < -0.3 is 4.42 Å². The summed E-state index contributed by atoms with van der Waals surface area (Å²) in [6.07, 6.45) is 2.43. The molecule has 0 spiro atoms. The molecule has 6 heteroatoms. The largest absolute Gasteiger partial charge is 0.422 e. The zero-order valence-electron chi connectivity index (χ0n) is 11.8. The Bertz CT molecular complexity index is 887. The van der Waals surface area contributed by atoms with E-state index < -0.39 is 5.76 Å². The van der Waals surface area contributed by atoms with Gasteiger partial charge in [0.15, 0.2) is 0 Å². The molecule has 0 unspecified atom stereocenters. The average molecular weight is 314 g/mol. The first-order valence-electron chi connectivity index (χ1n) is 6.92. The molecule has 112 valence electrons. The van der Waals surface area contributed by atoms with Gasteiger partial charge in [-0.2, -0.15) is 0 Å². The summed E-state index contributed by atoms with van der Waals surface area (Å²) in [5, 5.41) is 1.36. The van der Waals surface area contributed by atoms with Crippen molar-refractivity contribution < 1.29 is 4.42 Å². The van der Waals surface area contributed by atoms with Gasteiger partial charge in [-0.25, -0.2) is 14.3 Å². The molecule has 0 radical (unpaired) electrons. The van der Waals surface area contributed by atoms with Gasteiger partial charge in [-0.15, -0.1) is 11.8 Å². The van der Waals surface area contributed by atoms with Crippen LogP contribution in [0.5, 0.6) is 0 Å². The number of fused-ring (bicyclic) bond motifs is 1. The minimum absolute atomic E-state index is 0.297. The second-order valence-corrected chi connectivity index (χ2v) is 5.81. The summed E-state index contributed by atoms with van der Waals surface area (Å²) < 4.78 is 6.33. The number of aromatic nitrogens is 2. The normalized spacial score (nSPS) is 10.9. The van der Waals surface area contributed by atoms with Crippen molar-refractivity contribution in [1.29, 1.82) is 0 Å². The number of hydrogen-bond donors (Lipinski definition) is 0. The summed E-state index contributed by atoms with van der Waals surface area (Å²) in [6.45, 7) is 0.339. The van der Waals surface area contributed by atoms with E-state index in [4.69, 9.17) is 4.42 Å². The van der Waals surface area contributed by atoms with Gasteiger partial charge in [-0.1, -0.05) is 18.2 Å². The van der Waals surface area contributed by atoms with Crippen LogP contribution in [0.25, 0.3) is 11.0 Å². The fraction of sp³-hybridized carbons (Fsp3) is 0.188. The molecule has 0 fully saturated rings. The molecule has 22 heavy (non-hydrogen) atoms. The summed E-state index contributed by atoms with van der Waals surface area (Å²) in [4.78, 5) is 28.4. The summed E-state index contributed by atoms with van der Waals surface area (Å²) in [6, 6.07) is 12.5. The van der Waals surface area contributed by atoms with E-state index in [1.54, 1.807) is 42.2 Å². The van der Waals surface area contributed by atoms with Gasteiger partial charge in [0.1, 0.15) is 5.58 Å². The predicted octanol–water partition coefficient (Wildman–Crippen LogP) is 2.53. The van der Waals surface area contributed by atoms with Crippen LogP contribution in [0.4, 0.5) is 0 Å². The average Bonchev–Trinajstić information content (AvgIpc) is 2.55. The van der Waals surface area contributed by atoms with Crippen LogP contribution in [-0.4, -0.2) is 15.3 Å². The van der Waals surface area contributed by atoms with Crippen molar-refractivity contribution >= 4 is 22.7 Å². The quantitative estimate of drug-likeness (QED) is 0.535. The molecule has 3 aromatic rings. The highest BCUT2D eigenvalue weighted by atomic mass is 32.2. The number of benzene rings is 1. The van der Waals surface area contributed by atoms with Crippen molar-refractivity contribution in [2.75, 3.05) is 5.75 Å². The van der Waals surface area contributed by atoms with Gasteiger partial charge in [0.05, 0.1) is 10.4 Å². The van der Waals surface area contributed by atoms with E-state index in [0.717, 1.165) is 15.3 Å².